The Morgan fingerprint density at radius 3 is 2.50 bits per heavy atom. The van der Waals surface area contributed by atoms with Crippen LogP contribution in [-0.2, 0) is 0 Å². The van der Waals surface area contributed by atoms with Crippen molar-refractivity contribution in [3.63, 3.8) is 0 Å². The van der Waals surface area contributed by atoms with Crippen LogP contribution in [0.5, 0.6) is 5.75 Å². The molecule has 0 aliphatic carbocycles. The molecule has 3 aromatic carbocycles. The largest absolute Gasteiger partial charge is 0.496 e. The molecular weight excluding hydrogens is 298 g/mol. The van der Waals surface area contributed by atoms with E-state index in [1.807, 2.05) is 54.6 Å². The van der Waals surface area contributed by atoms with E-state index in [1.54, 1.807) is 13.2 Å². The molecule has 122 valence electrons. The number of carbonyl (C=O) groups excluding carboxylic acids is 1. The van der Waals surface area contributed by atoms with Crippen molar-refractivity contribution in [2.75, 3.05) is 12.4 Å². The fourth-order valence-corrected chi connectivity index (χ4v) is 2.86. The molecule has 0 heterocycles. The molecule has 0 aliphatic heterocycles. The fraction of sp³-hybridized carbons (Fsp3) is 0.190. The normalized spacial score (nSPS) is 10.8. The van der Waals surface area contributed by atoms with Crippen molar-refractivity contribution in [1.29, 1.82) is 0 Å². The maximum atomic E-state index is 12.6. The van der Waals surface area contributed by atoms with Gasteiger partial charge in [0.1, 0.15) is 5.75 Å². The third-order valence-electron chi connectivity index (χ3n) is 4.16. The molecular formula is C21H21NO2. The smallest absolute Gasteiger partial charge is 0.255 e. The van der Waals surface area contributed by atoms with Crippen LogP contribution in [0.4, 0.5) is 5.69 Å². The van der Waals surface area contributed by atoms with E-state index in [4.69, 9.17) is 4.74 Å². The van der Waals surface area contributed by atoms with Crippen molar-refractivity contribution in [1.82, 2.24) is 0 Å². The summed E-state index contributed by atoms with van der Waals surface area (Å²) in [7, 11) is 1.63. The fourth-order valence-electron chi connectivity index (χ4n) is 2.86. The second-order valence-electron chi connectivity index (χ2n) is 6.09. The summed E-state index contributed by atoms with van der Waals surface area (Å²) in [6, 6.07) is 19.5. The number of ether oxygens (including phenoxy) is 1. The minimum Gasteiger partial charge on any atom is -0.496 e. The highest BCUT2D eigenvalue weighted by atomic mass is 16.5. The van der Waals surface area contributed by atoms with Gasteiger partial charge in [-0.1, -0.05) is 56.3 Å². The number of fused-ring (bicyclic) bond motifs is 1. The lowest BCUT2D eigenvalue weighted by Gasteiger charge is -2.14. The third kappa shape index (κ3) is 3.11. The molecule has 24 heavy (non-hydrogen) atoms. The SMILES string of the molecule is COc1cc(C(=O)Nc2cccc3ccccc23)ccc1C(C)C. The Hall–Kier alpha value is -2.81. The van der Waals surface area contributed by atoms with Crippen LogP contribution in [-0.4, -0.2) is 13.0 Å². The Balaban J connectivity index is 1.92. The maximum absolute atomic E-state index is 12.6. The van der Waals surface area contributed by atoms with Gasteiger partial charge in [0.25, 0.3) is 5.91 Å². The highest BCUT2D eigenvalue weighted by Crippen LogP contribution is 2.28. The molecule has 0 spiro atoms. The second kappa shape index (κ2) is 6.75. The van der Waals surface area contributed by atoms with Crippen LogP contribution in [0, 0.1) is 0 Å². The van der Waals surface area contributed by atoms with E-state index in [1.165, 1.54) is 0 Å². The first-order valence-electron chi connectivity index (χ1n) is 8.07. The van der Waals surface area contributed by atoms with E-state index in [2.05, 4.69) is 19.2 Å². The summed E-state index contributed by atoms with van der Waals surface area (Å²) in [5.74, 6) is 0.950. The average Bonchev–Trinajstić information content (AvgIpc) is 2.61. The Kier molecular flexibility index (Phi) is 4.52. The zero-order valence-electron chi connectivity index (χ0n) is 14.2. The summed E-state index contributed by atoms with van der Waals surface area (Å²) in [4.78, 5) is 12.6. The van der Waals surface area contributed by atoms with Gasteiger partial charge in [-0.3, -0.25) is 4.79 Å². The van der Waals surface area contributed by atoms with Crippen molar-refractivity contribution in [2.24, 2.45) is 0 Å². The van der Waals surface area contributed by atoms with Crippen LogP contribution in [0.1, 0.15) is 35.7 Å². The van der Waals surface area contributed by atoms with E-state index < -0.39 is 0 Å². The van der Waals surface area contributed by atoms with Crippen LogP contribution < -0.4 is 10.1 Å². The summed E-state index contributed by atoms with van der Waals surface area (Å²) in [5, 5.41) is 5.13. The quantitative estimate of drug-likeness (QED) is 0.715. The van der Waals surface area contributed by atoms with Crippen LogP contribution in [0.2, 0.25) is 0 Å². The Morgan fingerprint density at radius 1 is 1.00 bits per heavy atom. The van der Waals surface area contributed by atoms with Crippen molar-refractivity contribution in [3.8, 4) is 5.75 Å². The van der Waals surface area contributed by atoms with Gasteiger partial charge >= 0.3 is 0 Å². The number of methoxy groups -OCH3 is 1. The van der Waals surface area contributed by atoms with Gasteiger partial charge in [-0.05, 0) is 35.1 Å². The van der Waals surface area contributed by atoms with Gasteiger partial charge in [0.2, 0.25) is 0 Å². The molecule has 3 nitrogen and oxygen atoms in total. The lowest BCUT2D eigenvalue weighted by Crippen LogP contribution is -2.12. The van der Waals surface area contributed by atoms with Gasteiger partial charge in [-0.25, -0.2) is 0 Å². The zero-order chi connectivity index (χ0) is 17.1. The Labute approximate surface area is 142 Å². The minimum atomic E-state index is -0.139. The van der Waals surface area contributed by atoms with Gasteiger partial charge in [0, 0.05) is 16.6 Å². The Bertz CT molecular complexity index is 879. The molecule has 0 aromatic heterocycles. The molecule has 0 aliphatic rings. The molecule has 0 unspecified atom stereocenters. The first-order chi connectivity index (χ1) is 11.6. The van der Waals surface area contributed by atoms with Gasteiger partial charge in [0.05, 0.1) is 7.11 Å². The van der Waals surface area contributed by atoms with Crippen molar-refractivity contribution in [3.05, 3.63) is 71.8 Å². The topological polar surface area (TPSA) is 38.3 Å². The number of amides is 1. The third-order valence-corrected chi connectivity index (χ3v) is 4.16. The van der Waals surface area contributed by atoms with Gasteiger partial charge in [0.15, 0.2) is 0 Å². The molecule has 3 aromatic rings. The van der Waals surface area contributed by atoms with Gasteiger partial charge < -0.3 is 10.1 Å². The highest BCUT2D eigenvalue weighted by Gasteiger charge is 2.13. The van der Waals surface area contributed by atoms with E-state index in [9.17, 15) is 4.79 Å². The molecule has 0 saturated heterocycles. The summed E-state index contributed by atoms with van der Waals surface area (Å²) in [6.07, 6.45) is 0. The first-order valence-corrected chi connectivity index (χ1v) is 8.07. The number of benzene rings is 3. The summed E-state index contributed by atoms with van der Waals surface area (Å²) >= 11 is 0. The Morgan fingerprint density at radius 2 is 1.75 bits per heavy atom. The van der Waals surface area contributed by atoms with Crippen LogP contribution >= 0.6 is 0 Å². The molecule has 0 saturated carbocycles. The molecule has 3 heteroatoms. The predicted octanol–water partition coefficient (Wildman–Crippen LogP) is 5.22. The van der Waals surface area contributed by atoms with Crippen molar-refractivity contribution >= 4 is 22.4 Å². The summed E-state index contributed by atoms with van der Waals surface area (Å²) < 4.78 is 5.44. The summed E-state index contributed by atoms with van der Waals surface area (Å²) in [5.41, 5.74) is 2.49. The second-order valence-corrected chi connectivity index (χ2v) is 6.09. The van der Waals surface area contributed by atoms with Crippen LogP contribution in [0.3, 0.4) is 0 Å². The van der Waals surface area contributed by atoms with Gasteiger partial charge in [-0.2, -0.15) is 0 Å². The first kappa shape index (κ1) is 16.1. The number of rotatable bonds is 4. The molecule has 1 N–H and O–H groups in total. The highest BCUT2D eigenvalue weighted by molar-refractivity contribution is 6.09. The molecule has 0 fully saturated rings. The number of nitrogens with one attached hydrogen (secondary N) is 1. The lowest BCUT2D eigenvalue weighted by molar-refractivity contribution is 0.102. The predicted molar refractivity (Wildman–Crippen MR) is 99.0 cm³/mol. The number of hydrogen-bond acceptors (Lipinski definition) is 2. The van der Waals surface area contributed by atoms with E-state index in [0.29, 0.717) is 11.5 Å². The molecule has 0 atom stereocenters. The number of hydrogen-bond donors (Lipinski definition) is 1. The lowest BCUT2D eigenvalue weighted by atomic mass is 10.00. The number of carbonyl (C=O) groups is 1. The minimum absolute atomic E-state index is 0.139. The standard InChI is InChI=1S/C21H21NO2/c1-14(2)17-12-11-16(13-20(17)24-3)21(23)22-19-10-6-8-15-7-4-5-9-18(15)19/h4-14H,1-3H3,(H,22,23). The van der Waals surface area contributed by atoms with Crippen molar-refractivity contribution in [2.45, 2.75) is 19.8 Å². The maximum Gasteiger partial charge on any atom is 0.255 e. The van der Waals surface area contributed by atoms with Crippen LogP contribution in [0.15, 0.2) is 60.7 Å². The van der Waals surface area contributed by atoms with E-state index >= 15 is 0 Å². The van der Waals surface area contributed by atoms with E-state index in [0.717, 1.165) is 27.8 Å². The van der Waals surface area contributed by atoms with Crippen molar-refractivity contribution < 1.29 is 9.53 Å². The molecule has 1 amide bonds. The monoisotopic (exact) mass is 319 g/mol. The van der Waals surface area contributed by atoms with Gasteiger partial charge in [-0.15, -0.1) is 0 Å². The molecule has 0 radical (unpaired) electrons. The zero-order valence-corrected chi connectivity index (χ0v) is 14.2. The number of anilines is 1. The summed E-state index contributed by atoms with van der Waals surface area (Å²) in [6.45, 7) is 4.21. The molecule has 0 bridgehead atoms. The van der Waals surface area contributed by atoms with Crippen LogP contribution in [0.25, 0.3) is 10.8 Å². The molecule has 3 rings (SSSR count). The van der Waals surface area contributed by atoms with E-state index in [-0.39, 0.29) is 5.91 Å². The average molecular weight is 319 g/mol.